The maximum absolute atomic E-state index is 10.9. The summed E-state index contributed by atoms with van der Waals surface area (Å²) in [5.74, 6) is -0.146. The van der Waals surface area contributed by atoms with Crippen molar-refractivity contribution in [3.8, 4) is 0 Å². The normalized spacial score (nSPS) is 29.9. The van der Waals surface area contributed by atoms with Gasteiger partial charge in [-0.05, 0) is 52.0 Å². The monoisotopic (exact) mass is 242 g/mol. The molecule has 4 heteroatoms. The molecule has 1 aliphatic heterocycles. The van der Waals surface area contributed by atoms with Crippen LogP contribution in [0.3, 0.4) is 0 Å². The van der Waals surface area contributed by atoms with Crippen molar-refractivity contribution in [2.45, 2.75) is 58.0 Å². The van der Waals surface area contributed by atoms with Gasteiger partial charge < -0.3 is 15.7 Å². The van der Waals surface area contributed by atoms with E-state index in [1.807, 2.05) is 0 Å². The molecule has 1 saturated heterocycles. The molecular formula is C13H26N2O2. The summed E-state index contributed by atoms with van der Waals surface area (Å²) in [7, 11) is 0. The zero-order valence-electron chi connectivity index (χ0n) is 11.3. The van der Waals surface area contributed by atoms with E-state index in [0.29, 0.717) is 12.5 Å². The summed E-state index contributed by atoms with van der Waals surface area (Å²) in [5, 5.41) is 8.93. The zero-order chi connectivity index (χ0) is 13.1. The van der Waals surface area contributed by atoms with Gasteiger partial charge in [-0.25, -0.2) is 0 Å². The quantitative estimate of drug-likeness (QED) is 0.770. The molecule has 3 atom stereocenters. The Kier molecular flexibility index (Phi) is 4.95. The van der Waals surface area contributed by atoms with E-state index in [2.05, 4.69) is 18.7 Å². The van der Waals surface area contributed by atoms with Crippen LogP contribution in [0.2, 0.25) is 0 Å². The lowest BCUT2D eigenvalue weighted by Crippen LogP contribution is -2.46. The smallest absolute Gasteiger partial charge is 0.323 e. The zero-order valence-corrected chi connectivity index (χ0v) is 11.3. The predicted octanol–water partition coefficient (Wildman–Crippen LogP) is 1.69. The van der Waals surface area contributed by atoms with E-state index in [9.17, 15) is 4.79 Å². The fourth-order valence-corrected chi connectivity index (χ4v) is 2.45. The third-order valence-electron chi connectivity index (χ3n) is 3.88. The van der Waals surface area contributed by atoms with Crippen molar-refractivity contribution < 1.29 is 9.90 Å². The largest absolute Gasteiger partial charge is 0.480 e. The first-order valence-corrected chi connectivity index (χ1v) is 6.59. The summed E-state index contributed by atoms with van der Waals surface area (Å²) < 4.78 is 0. The molecule has 0 saturated carbocycles. The van der Waals surface area contributed by atoms with E-state index < -0.39 is 11.5 Å². The van der Waals surface area contributed by atoms with Gasteiger partial charge in [0, 0.05) is 12.6 Å². The number of piperidine rings is 1. The highest BCUT2D eigenvalue weighted by molar-refractivity contribution is 5.77. The third kappa shape index (κ3) is 4.28. The van der Waals surface area contributed by atoms with Crippen LogP contribution < -0.4 is 5.73 Å². The second kappa shape index (κ2) is 5.83. The number of carboxylic acids is 1. The number of nitrogens with two attached hydrogens (primary N) is 1. The van der Waals surface area contributed by atoms with Gasteiger partial charge in [0.1, 0.15) is 5.54 Å². The molecule has 4 nitrogen and oxygen atoms in total. The molecule has 0 bridgehead atoms. The number of hydrogen-bond donors (Lipinski definition) is 2. The maximum atomic E-state index is 10.9. The molecule has 1 heterocycles. The Balaban J connectivity index is 2.32. The molecule has 0 amide bonds. The molecule has 0 aromatic rings. The van der Waals surface area contributed by atoms with Crippen LogP contribution in [-0.2, 0) is 4.79 Å². The first-order valence-electron chi connectivity index (χ1n) is 6.59. The number of hydrogen-bond acceptors (Lipinski definition) is 3. The number of nitrogens with zero attached hydrogens (tertiary/aromatic N) is 1. The van der Waals surface area contributed by atoms with Crippen LogP contribution in [0.1, 0.15) is 46.5 Å². The average Bonchev–Trinajstić information content (AvgIpc) is 2.22. The molecule has 100 valence electrons. The van der Waals surface area contributed by atoms with Crippen molar-refractivity contribution in [1.82, 2.24) is 4.90 Å². The van der Waals surface area contributed by atoms with Gasteiger partial charge in [-0.1, -0.05) is 6.92 Å². The Bertz CT molecular complexity index is 266. The molecule has 0 aliphatic carbocycles. The summed E-state index contributed by atoms with van der Waals surface area (Å²) >= 11 is 0. The van der Waals surface area contributed by atoms with Gasteiger partial charge in [-0.15, -0.1) is 0 Å². The summed E-state index contributed by atoms with van der Waals surface area (Å²) in [6.07, 6.45) is 3.96. The fraction of sp³-hybridized carbons (Fsp3) is 0.923. The first kappa shape index (κ1) is 14.5. The van der Waals surface area contributed by atoms with Crippen LogP contribution in [0.5, 0.6) is 0 Å². The minimum absolute atomic E-state index is 0.542. The second-order valence-corrected chi connectivity index (χ2v) is 5.85. The van der Waals surface area contributed by atoms with Gasteiger partial charge in [-0.2, -0.15) is 0 Å². The highest BCUT2D eigenvalue weighted by Crippen LogP contribution is 2.22. The molecule has 1 rings (SSSR count). The molecule has 0 spiro atoms. The Morgan fingerprint density at radius 3 is 2.71 bits per heavy atom. The van der Waals surface area contributed by atoms with Crippen molar-refractivity contribution in [1.29, 1.82) is 0 Å². The molecule has 1 fully saturated rings. The summed E-state index contributed by atoms with van der Waals surface area (Å²) in [5.41, 5.74) is 4.64. The topological polar surface area (TPSA) is 66.6 Å². The van der Waals surface area contributed by atoms with E-state index >= 15 is 0 Å². The molecule has 0 radical (unpaired) electrons. The predicted molar refractivity (Wildman–Crippen MR) is 68.9 cm³/mol. The van der Waals surface area contributed by atoms with Gasteiger partial charge >= 0.3 is 5.97 Å². The molecule has 3 unspecified atom stereocenters. The van der Waals surface area contributed by atoms with Crippen molar-refractivity contribution in [2.24, 2.45) is 11.7 Å². The van der Waals surface area contributed by atoms with Gasteiger partial charge in [0.25, 0.3) is 0 Å². The molecule has 3 N–H and O–H groups in total. The second-order valence-electron chi connectivity index (χ2n) is 5.85. The molecule has 1 aliphatic rings. The third-order valence-corrected chi connectivity index (χ3v) is 3.88. The standard InChI is InChI=1S/C13H26N2O2/c1-10-5-6-11(2)15(9-10)8-4-7-13(3,14)12(16)17/h10-11H,4-9,14H2,1-3H3,(H,16,17). The van der Waals surface area contributed by atoms with Crippen LogP contribution in [0.15, 0.2) is 0 Å². The van der Waals surface area contributed by atoms with Crippen molar-refractivity contribution in [3.05, 3.63) is 0 Å². The highest BCUT2D eigenvalue weighted by Gasteiger charge is 2.28. The van der Waals surface area contributed by atoms with Gasteiger partial charge in [0.05, 0.1) is 0 Å². The van der Waals surface area contributed by atoms with Crippen LogP contribution in [0, 0.1) is 5.92 Å². The lowest BCUT2D eigenvalue weighted by molar-refractivity contribution is -0.143. The highest BCUT2D eigenvalue weighted by atomic mass is 16.4. The number of carboxylic acid groups (broad SMARTS) is 1. The maximum Gasteiger partial charge on any atom is 0.323 e. The van der Waals surface area contributed by atoms with Gasteiger partial charge in [0.15, 0.2) is 0 Å². The molecule has 17 heavy (non-hydrogen) atoms. The average molecular weight is 242 g/mol. The van der Waals surface area contributed by atoms with Gasteiger partial charge in [0.2, 0.25) is 0 Å². The Morgan fingerprint density at radius 1 is 1.47 bits per heavy atom. The summed E-state index contributed by atoms with van der Waals surface area (Å²) in [4.78, 5) is 13.3. The minimum Gasteiger partial charge on any atom is -0.480 e. The molecular weight excluding hydrogens is 216 g/mol. The van der Waals surface area contributed by atoms with Crippen molar-refractivity contribution in [2.75, 3.05) is 13.1 Å². The van der Waals surface area contributed by atoms with E-state index in [1.165, 1.54) is 12.8 Å². The first-order chi connectivity index (χ1) is 7.83. The summed E-state index contributed by atoms with van der Waals surface area (Å²) in [6.45, 7) is 8.23. The number of rotatable bonds is 5. The van der Waals surface area contributed by atoms with Crippen molar-refractivity contribution in [3.63, 3.8) is 0 Å². The Labute approximate surface area is 104 Å². The van der Waals surface area contributed by atoms with E-state index in [0.717, 1.165) is 25.4 Å². The van der Waals surface area contributed by atoms with Crippen LogP contribution in [0.25, 0.3) is 0 Å². The fourth-order valence-electron chi connectivity index (χ4n) is 2.45. The SMILES string of the molecule is CC1CCC(C)N(CCCC(C)(N)C(=O)O)C1. The van der Waals surface area contributed by atoms with Crippen LogP contribution in [0.4, 0.5) is 0 Å². The van der Waals surface area contributed by atoms with Crippen LogP contribution in [-0.4, -0.2) is 40.6 Å². The Morgan fingerprint density at radius 2 is 2.12 bits per heavy atom. The molecule has 0 aromatic heterocycles. The van der Waals surface area contributed by atoms with Crippen LogP contribution >= 0.6 is 0 Å². The van der Waals surface area contributed by atoms with E-state index in [4.69, 9.17) is 10.8 Å². The van der Waals surface area contributed by atoms with Gasteiger partial charge in [-0.3, -0.25) is 4.79 Å². The number of likely N-dealkylation sites (tertiary alicyclic amines) is 1. The van der Waals surface area contributed by atoms with E-state index in [-0.39, 0.29) is 0 Å². The number of carbonyl (C=O) groups is 1. The minimum atomic E-state index is -1.08. The lowest BCUT2D eigenvalue weighted by atomic mass is 9.93. The molecule has 0 aromatic carbocycles. The Hall–Kier alpha value is -0.610. The number of aliphatic carboxylic acids is 1. The van der Waals surface area contributed by atoms with Crippen molar-refractivity contribution >= 4 is 5.97 Å². The summed E-state index contributed by atoms with van der Waals surface area (Å²) in [6, 6.07) is 0.625. The lowest BCUT2D eigenvalue weighted by Gasteiger charge is -2.37. The van der Waals surface area contributed by atoms with E-state index in [1.54, 1.807) is 6.92 Å².